The van der Waals surface area contributed by atoms with Gasteiger partial charge in [0.05, 0.1) is 43.3 Å². The summed E-state index contributed by atoms with van der Waals surface area (Å²) in [5.74, 6) is -8.18. The number of H-pyrrole nitrogens is 1. The number of nitrogens with two attached hydrogens (primary N) is 1. The average molecular weight is 1720 g/mol. The van der Waals surface area contributed by atoms with Crippen molar-refractivity contribution in [2.45, 2.75) is 225 Å². The van der Waals surface area contributed by atoms with Gasteiger partial charge in [0.25, 0.3) is 11.7 Å². The Morgan fingerprint density at radius 3 is 2.25 bits per heavy atom. The van der Waals surface area contributed by atoms with Crippen molar-refractivity contribution in [3.8, 4) is 11.3 Å². The first-order valence-corrected chi connectivity index (χ1v) is 44.2. The molecule has 5 aromatic rings. The fourth-order valence-electron chi connectivity index (χ4n) is 17.7. The monoisotopic (exact) mass is 1720 g/mol. The van der Waals surface area contributed by atoms with Crippen molar-refractivity contribution in [1.29, 1.82) is 0 Å². The van der Waals surface area contributed by atoms with Gasteiger partial charge in [-0.1, -0.05) is 71.1 Å². The number of allylic oxidation sites excluding steroid dienone is 6. The number of ketones is 3. The predicted octanol–water partition coefficient (Wildman–Crippen LogP) is 7.75. The number of fused-ring (bicyclic) bond motifs is 5. The third-order valence-electron chi connectivity index (χ3n) is 25.4. The van der Waals surface area contributed by atoms with Crippen molar-refractivity contribution in [3.63, 3.8) is 0 Å². The molecule has 5 fully saturated rings. The number of hydrogen-bond donors (Lipinski definition) is 6. The maximum absolute atomic E-state index is 14.8. The first-order chi connectivity index (χ1) is 59.6. The number of nitrogen functional groups attached to an aromatic ring is 1. The molecule has 0 spiro atoms. The van der Waals surface area contributed by atoms with Crippen LogP contribution in [-0.2, 0) is 84.6 Å². The number of anilines is 2. The molecule has 11 rings (SSSR count). The molecule has 34 nitrogen and oxygen atoms in total. The van der Waals surface area contributed by atoms with Gasteiger partial charge in [0.2, 0.25) is 29.5 Å². The number of aliphatic hydroxyl groups excluding tert-OH is 1. The number of piperazine rings is 2. The molecule has 0 unspecified atom stereocenters. The molecule has 5 aromatic heterocycles. The number of aliphatic hydroxyl groups is 2. The highest BCUT2D eigenvalue weighted by Gasteiger charge is 2.53. The number of carbonyl (C=O) groups is 9. The summed E-state index contributed by atoms with van der Waals surface area (Å²) in [6.45, 7) is 19.5. The van der Waals surface area contributed by atoms with Crippen molar-refractivity contribution in [3.05, 3.63) is 96.4 Å². The van der Waals surface area contributed by atoms with E-state index in [-0.39, 0.29) is 99.3 Å². The maximum Gasteiger partial charge on any atom is 0.407 e. The van der Waals surface area contributed by atoms with Gasteiger partial charge in [-0.05, 0) is 132 Å². The number of alkyl carbamates (subject to hydrolysis) is 1. The first kappa shape index (κ1) is 94.9. The third kappa shape index (κ3) is 25.1. The number of Topliss-reactive ketones (excluding diaryl/α,β-unsaturated/α-hetero) is 3. The quantitative estimate of drug-likeness (QED) is 0.0141. The fourth-order valence-corrected chi connectivity index (χ4v) is 17.7. The van der Waals surface area contributed by atoms with Gasteiger partial charge in [-0.3, -0.25) is 38.5 Å². The molecule has 1 aliphatic carbocycles. The van der Waals surface area contributed by atoms with Gasteiger partial charge in [-0.25, -0.2) is 39.2 Å². The number of aromatic amines is 1. The Balaban J connectivity index is 0.589. The lowest BCUT2D eigenvalue weighted by Gasteiger charge is -2.42. The summed E-state index contributed by atoms with van der Waals surface area (Å²) in [5, 5.41) is 36.1. The van der Waals surface area contributed by atoms with Gasteiger partial charge < -0.3 is 84.3 Å². The Morgan fingerprint density at radius 1 is 0.758 bits per heavy atom. The molecular formula is C90H128N16O18. The van der Waals surface area contributed by atoms with Crippen LogP contribution in [0.1, 0.15) is 163 Å². The molecule has 1 saturated carbocycles. The topological polar surface area (TPSA) is 423 Å². The minimum absolute atomic E-state index is 0.00419. The average Bonchev–Trinajstić information content (AvgIpc) is 1.56. The van der Waals surface area contributed by atoms with E-state index in [0.717, 1.165) is 28.6 Å². The van der Waals surface area contributed by atoms with Crippen LogP contribution < -0.4 is 21.3 Å². The second-order valence-corrected chi connectivity index (χ2v) is 34.4. The van der Waals surface area contributed by atoms with Crippen LogP contribution in [0.3, 0.4) is 0 Å². The Bertz CT molecular complexity index is 4590. The molecule has 15 atom stereocenters. The van der Waals surface area contributed by atoms with Crippen LogP contribution in [0.5, 0.6) is 0 Å². The standard InChI is InChI=1S/C90H128N16O18/c1-56-18-12-11-13-19-57(2)71(118-8)49-67-23-21-62(7)90(117,124-67)82(113)86(114)105-31-16-14-20-68(105)87(115)122-72(50-69(107)58(3)45-61(6)80(112)81(120-10)79(111)60(5)44-56)59(4)46-63-22-24-70(73(47-63)119-9)123-89(116)97-53-64-51-95-88(96-52-64)104-39-37-103(38-40-104)76(110)28-42-121-43-41-101-33-35-102(36-34-101)75(109)26-25-74(108)92-29-15-17-32-106-85-77(83(91)98-55-99-85)78(100-106)66-48-65-27-30-93-84(65)94-54-66/h11-13,18-19,27,30,45,48,51-52,54-56,58-60,62-63,67-68,70-73,80-81,112,117H,14-17,20-26,28-29,31-44,46-47,49-50,53H2,1-10H3,(H,92,108)(H,93,94)(H,97,116)(H2,91,98,99)/b13-11?,18-12+,57-19?,61-45+/t56-,58-,59-,60-,62-,63+,67+,68+,70-,71+,72+,73-,80-,81+,90-/m1/s1. The van der Waals surface area contributed by atoms with E-state index in [1.165, 1.54) is 18.3 Å². The second-order valence-electron chi connectivity index (χ2n) is 34.4. The number of ether oxygens (including phenoxy) is 7. The molecule has 5 aliphatic heterocycles. The van der Waals surface area contributed by atoms with Gasteiger partial charge in [0.15, 0.2) is 11.4 Å². The molecule has 4 saturated heterocycles. The van der Waals surface area contributed by atoms with E-state index in [1.54, 1.807) is 71.5 Å². The van der Waals surface area contributed by atoms with Crippen LogP contribution in [0.25, 0.3) is 33.3 Å². The highest BCUT2D eigenvalue weighted by atomic mass is 16.6. The summed E-state index contributed by atoms with van der Waals surface area (Å²) in [7, 11) is 4.48. The summed E-state index contributed by atoms with van der Waals surface area (Å²) in [6, 6.07) is 2.72. The molecule has 2 bridgehead atoms. The Kier molecular flexibility index (Phi) is 34.7. The summed E-state index contributed by atoms with van der Waals surface area (Å²) in [4.78, 5) is 160. The number of aryl methyl sites for hydroxylation is 1. The molecule has 676 valence electrons. The van der Waals surface area contributed by atoms with E-state index >= 15 is 0 Å². The number of amides is 5. The van der Waals surface area contributed by atoms with Crippen LogP contribution in [0.4, 0.5) is 16.6 Å². The van der Waals surface area contributed by atoms with E-state index in [1.807, 2.05) is 84.0 Å². The molecule has 0 aromatic carbocycles. The van der Waals surface area contributed by atoms with Crippen molar-refractivity contribution in [1.82, 2.24) is 69.9 Å². The Labute approximate surface area is 725 Å². The summed E-state index contributed by atoms with van der Waals surface area (Å²) in [6.07, 6.45) is 19.2. The van der Waals surface area contributed by atoms with E-state index in [2.05, 4.69) is 45.4 Å². The summed E-state index contributed by atoms with van der Waals surface area (Å²) < 4.78 is 43.9. The van der Waals surface area contributed by atoms with Crippen molar-refractivity contribution < 1.29 is 86.5 Å². The number of nitrogens with zero attached hydrogens (tertiary/aromatic N) is 12. The number of hydrogen-bond acceptors (Lipinski definition) is 27. The molecule has 10 heterocycles. The number of unbranched alkanes of at least 4 members (excludes halogenated alkanes) is 1. The van der Waals surface area contributed by atoms with Crippen LogP contribution >= 0.6 is 0 Å². The SMILES string of the molecule is CO[C@H]1C[C@@H]2CC[C@@H](C)[C@@](O)(O2)C(=O)C(=O)N2CCCC[C@H]2C(=O)O[C@H]([C@H](C)C[C@@H]2CC[C@@H](OC(=O)NCc3cnc(N4CCN(C(=O)CCOCCN5CCN(C(=O)CCC(=O)NCCCCn6nc(-c7cnc8[nH]ccc8c7)c7c(N)ncnc76)CC5)CC4)nc3)[C@H](OC)C2)CC(=O)[C@H](C)/C=C(\C)[C@@H](O)[C@@H](OC)C(=O)[C@H](C)C[C@H](C)/C=C/C=CC=C1C. The van der Waals surface area contributed by atoms with Gasteiger partial charge in [0.1, 0.15) is 59.7 Å². The number of pyridine rings is 1. The lowest BCUT2D eigenvalue weighted by Crippen LogP contribution is -2.61. The van der Waals surface area contributed by atoms with Crippen LogP contribution in [0.15, 0.2) is 90.8 Å². The number of aromatic nitrogens is 8. The number of piperidine rings is 1. The zero-order chi connectivity index (χ0) is 88.7. The number of esters is 1. The molecule has 0 radical (unpaired) electrons. The third-order valence-corrected chi connectivity index (χ3v) is 25.4. The molecule has 6 aliphatic rings. The molecule has 34 heteroatoms. The van der Waals surface area contributed by atoms with Gasteiger partial charge >= 0.3 is 12.1 Å². The minimum atomic E-state index is -2.49. The predicted molar refractivity (Wildman–Crippen MR) is 462 cm³/mol. The molecule has 5 amide bonds. The number of methoxy groups -OCH3 is 3. The van der Waals surface area contributed by atoms with E-state index in [9.17, 15) is 53.4 Å². The lowest BCUT2D eigenvalue weighted by atomic mass is 9.78. The van der Waals surface area contributed by atoms with Crippen LogP contribution in [0, 0.1) is 35.5 Å². The van der Waals surface area contributed by atoms with Crippen molar-refractivity contribution in [2.24, 2.45) is 35.5 Å². The van der Waals surface area contributed by atoms with E-state index in [4.69, 9.17) is 44.0 Å². The van der Waals surface area contributed by atoms with Crippen molar-refractivity contribution >= 4 is 86.9 Å². The van der Waals surface area contributed by atoms with Crippen LogP contribution in [-0.4, -0.2) is 284 Å². The van der Waals surface area contributed by atoms with Gasteiger partial charge in [0, 0.05) is 191 Å². The smallest absolute Gasteiger partial charge is 0.407 e. The molecule has 7 N–H and O–H groups in total. The number of cyclic esters (lactones) is 1. The highest BCUT2D eigenvalue weighted by Crippen LogP contribution is 2.40. The van der Waals surface area contributed by atoms with Gasteiger partial charge in [-0.2, -0.15) is 5.10 Å². The van der Waals surface area contributed by atoms with Crippen molar-refractivity contribution in [2.75, 3.05) is 117 Å². The number of carbonyl (C=O) groups excluding carboxylic acids is 9. The number of rotatable bonds is 25. The number of nitrogens with one attached hydrogen (secondary N) is 3. The van der Waals surface area contributed by atoms with E-state index < -0.39 is 102 Å². The van der Waals surface area contributed by atoms with Crippen LogP contribution in [0.2, 0.25) is 0 Å². The summed E-state index contributed by atoms with van der Waals surface area (Å²) >= 11 is 0. The zero-order valence-corrected chi connectivity index (χ0v) is 73.6. The fraction of sp³-hybridized carbons (Fsp3) is 0.633. The minimum Gasteiger partial charge on any atom is -0.460 e. The lowest BCUT2D eigenvalue weighted by molar-refractivity contribution is -0.265. The van der Waals surface area contributed by atoms with E-state index in [0.29, 0.717) is 182 Å². The zero-order valence-electron chi connectivity index (χ0n) is 73.6. The maximum atomic E-state index is 14.8. The largest absolute Gasteiger partial charge is 0.460 e. The second kappa shape index (κ2) is 45.4. The highest BCUT2D eigenvalue weighted by molar-refractivity contribution is 6.39. The first-order valence-electron chi connectivity index (χ1n) is 44.2. The van der Waals surface area contributed by atoms with Gasteiger partial charge in [-0.15, -0.1) is 0 Å². The normalized spacial score (nSPS) is 27.7. The summed E-state index contributed by atoms with van der Waals surface area (Å²) in [5.41, 5.74) is 11.0. The molecular weight excluding hydrogens is 1590 g/mol. The Hall–Kier alpha value is -9.81. The Morgan fingerprint density at radius 2 is 1.51 bits per heavy atom. The molecule has 124 heavy (non-hydrogen) atoms.